The molecule has 1 aliphatic rings. The fraction of sp³-hybridized carbons (Fsp3) is 0.636. The van der Waals surface area contributed by atoms with Gasteiger partial charge in [0, 0.05) is 20.0 Å². The highest BCUT2D eigenvalue weighted by molar-refractivity contribution is 5.90. The number of nitrogens with zero attached hydrogens (tertiary/aromatic N) is 3. The molecule has 19 heavy (non-hydrogen) atoms. The third kappa shape index (κ3) is 3.28. The fourth-order valence-corrected chi connectivity index (χ4v) is 1.82. The van der Waals surface area contributed by atoms with E-state index in [-0.39, 0.29) is 30.2 Å². The first-order chi connectivity index (χ1) is 9.10. The number of aryl methyl sites for hydroxylation is 1. The van der Waals surface area contributed by atoms with Crippen molar-refractivity contribution in [2.75, 3.05) is 26.8 Å². The van der Waals surface area contributed by atoms with E-state index in [1.165, 1.54) is 7.11 Å². The molecular formula is C11H15N3O5. The molecule has 1 amide bonds. The van der Waals surface area contributed by atoms with Gasteiger partial charge in [-0.2, -0.15) is 4.98 Å². The molecule has 2 rings (SSSR count). The van der Waals surface area contributed by atoms with Crippen molar-refractivity contribution in [3.8, 4) is 0 Å². The maximum absolute atomic E-state index is 12.1. The minimum absolute atomic E-state index is 0.0243. The molecule has 0 saturated carbocycles. The second-order valence-electron chi connectivity index (χ2n) is 4.16. The molecule has 104 valence electrons. The zero-order chi connectivity index (χ0) is 13.8. The standard InChI is InChI=1S/C11H15N3O5/c1-7-12-10(13-19-7)11(16)14-3-4-18-8(6-14)5-9(15)17-2/h8H,3-6H2,1-2H3. The van der Waals surface area contributed by atoms with Crippen LogP contribution in [0.3, 0.4) is 0 Å². The lowest BCUT2D eigenvalue weighted by molar-refractivity contribution is -0.145. The summed E-state index contributed by atoms with van der Waals surface area (Å²) in [7, 11) is 1.32. The third-order valence-corrected chi connectivity index (χ3v) is 2.77. The largest absolute Gasteiger partial charge is 0.469 e. The van der Waals surface area contributed by atoms with Crippen molar-refractivity contribution in [2.45, 2.75) is 19.4 Å². The molecule has 1 saturated heterocycles. The van der Waals surface area contributed by atoms with Gasteiger partial charge in [-0.3, -0.25) is 9.59 Å². The number of carbonyl (C=O) groups excluding carboxylic acids is 2. The Kier molecular flexibility index (Phi) is 4.10. The van der Waals surface area contributed by atoms with Gasteiger partial charge < -0.3 is 18.9 Å². The molecule has 1 aliphatic heterocycles. The van der Waals surface area contributed by atoms with Gasteiger partial charge in [-0.1, -0.05) is 5.16 Å². The first-order valence-electron chi connectivity index (χ1n) is 5.88. The number of aromatic nitrogens is 2. The summed E-state index contributed by atoms with van der Waals surface area (Å²) in [6.45, 7) is 2.72. The van der Waals surface area contributed by atoms with E-state index < -0.39 is 0 Å². The van der Waals surface area contributed by atoms with Gasteiger partial charge in [0.15, 0.2) is 0 Å². The van der Waals surface area contributed by atoms with Crippen LogP contribution in [0.5, 0.6) is 0 Å². The van der Waals surface area contributed by atoms with Crippen LogP contribution in [-0.2, 0) is 14.3 Å². The smallest absolute Gasteiger partial charge is 0.308 e. The summed E-state index contributed by atoms with van der Waals surface area (Å²) in [4.78, 5) is 28.7. The molecule has 8 heteroatoms. The van der Waals surface area contributed by atoms with Crippen LogP contribution in [0.4, 0.5) is 0 Å². The van der Waals surface area contributed by atoms with E-state index in [2.05, 4.69) is 14.9 Å². The molecule has 0 N–H and O–H groups in total. The monoisotopic (exact) mass is 269 g/mol. The second-order valence-corrected chi connectivity index (χ2v) is 4.16. The van der Waals surface area contributed by atoms with Crippen LogP contribution in [0.15, 0.2) is 4.52 Å². The summed E-state index contributed by atoms with van der Waals surface area (Å²) in [6.07, 6.45) is -0.246. The van der Waals surface area contributed by atoms with Crippen LogP contribution in [-0.4, -0.2) is 59.8 Å². The van der Waals surface area contributed by atoms with Crippen molar-refractivity contribution >= 4 is 11.9 Å². The van der Waals surface area contributed by atoms with E-state index in [9.17, 15) is 9.59 Å². The second kappa shape index (κ2) is 5.79. The Labute approximate surface area is 109 Å². The van der Waals surface area contributed by atoms with Gasteiger partial charge in [0.05, 0.1) is 26.2 Å². The fourth-order valence-electron chi connectivity index (χ4n) is 1.82. The molecule has 1 unspecified atom stereocenters. The quantitative estimate of drug-likeness (QED) is 0.700. The van der Waals surface area contributed by atoms with Crippen LogP contribution >= 0.6 is 0 Å². The lowest BCUT2D eigenvalue weighted by atomic mass is 10.2. The predicted octanol–water partition coefficient (Wildman–Crippen LogP) is -0.218. The van der Waals surface area contributed by atoms with E-state index in [4.69, 9.17) is 9.26 Å². The molecule has 0 aromatic carbocycles. The van der Waals surface area contributed by atoms with E-state index in [1.54, 1.807) is 11.8 Å². The van der Waals surface area contributed by atoms with Gasteiger partial charge in [-0.25, -0.2) is 0 Å². The molecule has 1 aromatic rings. The van der Waals surface area contributed by atoms with E-state index in [0.29, 0.717) is 25.6 Å². The van der Waals surface area contributed by atoms with Crippen LogP contribution in [0, 0.1) is 6.92 Å². The topological polar surface area (TPSA) is 94.8 Å². The molecule has 2 heterocycles. The normalized spacial score (nSPS) is 19.3. The Morgan fingerprint density at radius 1 is 1.53 bits per heavy atom. The highest BCUT2D eigenvalue weighted by atomic mass is 16.5. The minimum Gasteiger partial charge on any atom is -0.469 e. The molecule has 0 spiro atoms. The summed E-state index contributed by atoms with van der Waals surface area (Å²) in [6, 6.07) is 0. The van der Waals surface area contributed by atoms with Crippen molar-refractivity contribution in [1.29, 1.82) is 0 Å². The van der Waals surface area contributed by atoms with Crippen molar-refractivity contribution in [2.24, 2.45) is 0 Å². The maximum atomic E-state index is 12.1. The van der Waals surface area contributed by atoms with Gasteiger partial charge >= 0.3 is 5.97 Å². The lowest BCUT2D eigenvalue weighted by Crippen LogP contribution is -2.46. The van der Waals surface area contributed by atoms with Crippen LogP contribution < -0.4 is 0 Å². The molecule has 8 nitrogen and oxygen atoms in total. The van der Waals surface area contributed by atoms with Crippen LogP contribution in [0.1, 0.15) is 22.9 Å². The summed E-state index contributed by atoms with van der Waals surface area (Å²) in [5, 5.41) is 3.58. The molecule has 1 aromatic heterocycles. The summed E-state index contributed by atoms with van der Waals surface area (Å²) in [5.41, 5.74) is 0. The number of hydrogen-bond acceptors (Lipinski definition) is 7. The molecule has 0 aliphatic carbocycles. The highest BCUT2D eigenvalue weighted by Crippen LogP contribution is 2.12. The number of hydrogen-bond donors (Lipinski definition) is 0. The van der Waals surface area contributed by atoms with Crippen molar-refractivity contribution in [3.63, 3.8) is 0 Å². The predicted molar refractivity (Wildman–Crippen MR) is 61.3 cm³/mol. The lowest BCUT2D eigenvalue weighted by Gasteiger charge is -2.31. The average Bonchev–Trinajstić information content (AvgIpc) is 2.84. The maximum Gasteiger partial charge on any atom is 0.308 e. The Balaban J connectivity index is 1.97. The molecular weight excluding hydrogens is 254 g/mol. The average molecular weight is 269 g/mol. The summed E-state index contributed by atoms with van der Waals surface area (Å²) in [5.74, 6) is -0.330. The number of carbonyl (C=O) groups is 2. The molecule has 0 radical (unpaired) electrons. The highest BCUT2D eigenvalue weighted by Gasteiger charge is 2.29. The Hall–Kier alpha value is -1.96. The number of esters is 1. The Morgan fingerprint density at radius 2 is 2.32 bits per heavy atom. The third-order valence-electron chi connectivity index (χ3n) is 2.77. The first kappa shape index (κ1) is 13.5. The number of amides is 1. The molecule has 1 atom stereocenters. The van der Waals surface area contributed by atoms with Crippen molar-refractivity contribution < 1.29 is 23.6 Å². The Morgan fingerprint density at radius 3 is 2.95 bits per heavy atom. The van der Waals surface area contributed by atoms with Gasteiger partial charge in [0.25, 0.3) is 11.7 Å². The number of ether oxygens (including phenoxy) is 2. The van der Waals surface area contributed by atoms with E-state index in [0.717, 1.165) is 0 Å². The van der Waals surface area contributed by atoms with Gasteiger partial charge in [-0.15, -0.1) is 0 Å². The van der Waals surface area contributed by atoms with E-state index >= 15 is 0 Å². The zero-order valence-electron chi connectivity index (χ0n) is 10.8. The summed E-state index contributed by atoms with van der Waals surface area (Å²) < 4.78 is 14.8. The van der Waals surface area contributed by atoms with Crippen molar-refractivity contribution in [3.05, 3.63) is 11.7 Å². The van der Waals surface area contributed by atoms with Crippen molar-refractivity contribution in [1.82, 2.24) is 15.0 Å². The van der Waals surface area contributed by atoms with Gasteiger partial charge in [0.2, 0.25) is 5.89 Å². The SMILES string of the molecule is COC(=O)CC1CN(C(=O)c2noc(C)n2)CCO1. The molecule has 1 fully saturated rings. The van der Waals surface area contributed by atoms with Crippen LogP contribution in [0.25, 0.3) is 0 Å². The van der Waals surface area contributed by atoms with E-state index in [1.807, 2.05) is 0 Å². The zero-order valence-corrected chi connectivity index (χ0v) is 10.8. The Bertz CT molecular complexity index is 473. The minimum atomic E-state index is -0.366. The number of morpholine rings is 1. The summed E-state index contributed by atoms with van der Waals surface area (Å²) >= 11 is 0. The van der Waals surface area contributed by atoms with Gasteiger partial charge in [0.1, 0.15) is 0 Å². The van der Waals surface area contributed by atoms with Gasteiger partial charge in [-0.05, 0) is 0 Å². The first-order valence-corrected chi connectivity index (χ1v) is 5.88. The van der Waals surface area contributed by atoms with Crippen LogP contribution in [0.2, 0.25) is 0 Å². The number of rotatable bonds is 3. The number of methoxy groups -OCH3 is 1. The molecule has 0 bridgehead atoms.